The third kappa shape index (κ3) is 3.55. The summed E-state index contributed by atoms with van der Waals surface area (Å²) < 4.78 is 5.37. The van der Waals surface area contributed by atoms with Crippen LogP contribution in [0.1, 0.15) is 12.8 Å². The second kappa shape index (κ2) is 7.51. The number of halogens is 1. The van der Waals surface area contributed by atoms with Gasteiger partial charge in [0.15, 0.2) is 0 Å². The van der Waals surface area contributed by atoms with Gasteiger partial charge in [0.25, 0.3) is 0 Å². The average molecular weight is 352 g/mol. The maximum atomic E-state index is 12.7. The molecule has 2 saturated heterocycles. The second-order valence-corrected chi connectivity index (χ2v) is 6.59. The minimum atomic E-state index is -0.432. The van der Waals surface area contributed by atoms with Gasteiger partial charge >= 0.3 is 0 Å². The molecule has 2 fully saturated rings. The number of benzene rings is 1. The topological polar surface area (TPSA) is 61.9 Å². The summed E-state index contributed by atoms with van der Waals surface area (Å²) in [6.45, 7) is 2.53. The molecular formula is C17H22ClN3O3. The van der Waals surface area contributed by atoms with Gasteiger partial charge in [-0.3, -0.25) is 9.59 Å². The molecule has 3 rings (SSSR count). The minimum Gasteiger partial charge on any atom is -0.378 e. The van der Waals surface area contributed by atoms with Gasteiger partial charge in [-0.25, -0.2) is 0 Å². The number of anilines is 1. The fourth-order valence-corrected chi connectivity index (χ4v) is 3.45. The number of morpholine rings is 1. The zero-order chi connectivity index (χ0) is 17.1. The first-order valence-electron chi connectivity index (χ1n) is 8.20. The second-order valence-electron chi connectivity index (χ2n) is 6.18. The number of carbonyl (C=O) groups excluding carboxylic acids is 2. The molecule has 1 aromatic rings. The molecule has 2 amide bonds. The van der Waals surface area contributed by atoms with Crippen LogP contribution in [-0.4, -0.2) is 62.1 Å². The van der Waals surface area contributed by atoms with E-state index in [0.29, 0.717) is 43.3 Å². The Balaban J connectivity index is 1.63. The van der Waals surface area contributed by atoms with Crippen molar-refractivity contribution in [3.8, 4) is 0 Å². The first-order valence-corrected chi connectivity index (χ1v) is 8.58. The quantitative estimate of drug-likeness (QED) is 0.887. The Hall–Kier alpha value is -1.63. The van der Waals surface area contributed by atoms with Crippen LogP contribution in [0, 0.1) is 0 Å². The van der Waals surface area contributed by atoms with Crippen molar-refractivity contribution in [3.63, 3.8) is 0 Å². The first-order chi connectivity index (χ1) is 11.6. The molecule has 0 radical (unpaired) electrons. The van der Waals surface area contributed by atoms with Crippen molar-refractivity contribution in [2.45, 2.75) is 24.9 Å². The largest absolute Gasteiger partial charge is 0.378 e. The van der Waals surface area contributed by atoms with Crippen molar-refractivity contribution in [2.24, 2.45) is 0 Å². The van der Waals surface area contributed by atoms with Crippen molar-refractivity contribution in [1.29, 1.82) is 0 Å². The van der Waals surface area contributed by atoms with Gasteiger partial charge in [0, 0.05) is 32.6 Å². The van der Waals surface area contributed by atoms with Crippen molar-refractivity contribution >= 4 is 29.1 Å². The fourth-order valence-electron chi connectivity index (χ4n) is 3.21. The fraction of sp³-hybridized carbons (Fsp3) is 0.529. The normalized spacial score (nSPS) is 24.2. The zero-order valence-corrected chi connectivity index (χ0v) is 14.5. The van der Waals surface area contributed by atoms with Crippen LogP contribution in [0.5, 0.6) is 0 Å². The van der Waals surface area contributed by atoms with Gasteiger partial charge < -0.3 is 19.9 Å². The number of ether oxygens (including phenoxy) is 1. The van der Waals surface area contributed by atoms with Crippen LogP contribution < -0.4 is 10.2 Å². The summed E-state index contributed by atoms with van der Waals surface area (Å²) in [5, 5.41) is 3.81. The molecular weight excluding hydrogens is 330 g/mol. The third-order valence-electron chi connectivity index (χ3n) is 4.60. The first kappa shape index (κ1) is 17.2. The predicted molar refractivity (Wildman–Crippen MR) is 92.2 cm³/mol. The molecule has 6 nitrogen and oxygen atoms in total. The molecule has 2 atom stereocenters. The number of hydrogen-bond donors (Lipinski definition) is 1. The molecule has 2 unspecified atom stereocenters. The van der Waals surface area contributed by atoms with Gasteiger partial charge in [-0.05, 0) is 18.6 Å². The number of rotatable bonds is 4. The van der Waals surface area contributed by atoms with E-state index in [9.17, 15) is 9.59 Å². The summed E-state index contributed by atoms with van der Waals surface area (Å²) in [4.78, 5) is 28.4. The molecule has 0 spiro atoms. The van der Waals surface area contributed by atoms with Gasteiger partial charge in [0.05, 0.1) is 23.9 Å². The van der Waals surface area contributed by atoms with E-state index in [4.69, 9.17) is 16.3 Å². The lowest BCUT2D eigenvalue weighted by molar-refractivity contribution is -0.137. The lowest BCUT2D eigenvalue weighted by atomic mass is 10.1. The van der Waals surface area contributed by atoms with E-state index in [1.807, 2.05) is 18.2 Å². The average Bonchev–Trinajstić information content (AvgIpc) is 2.97. The smallest absolute Gasteiger partial charge is 0.249 e. The van der Waals surface area contributed by atoms with E-state index >= 15 is 0 Å². The Kier molecular flexibility index (Phi) is 5.38. The molecule has 7 heteroatoms. The van der Waals surface area contributed by atoms with Crippen LogP contribution >= 0.6 is 11.6 Å². The summed E-state index contributed by atoms with van der Waals surface area (Å²) in [6, 6.07) is 6.86. The number of hydrogen-bond acceptors (Lipinski definition) is 4. The minimum absolute atomic E-state index is 0.0184. The standard InChI is InChI=1S/C17H22ClN3O3/c1-20(16(22)10-12-11-24-9-7-19-12)15-6-8-21(17(15)23)14-5-3-2-4-13(14)18/h2-5,12,15,19H,6-11H2,1H3. The molecule has 130 valence electrons. The zero-order valence-electron chi connectivity index (χ0n) is 13.7. The molecule has 1 aromatic carbocycles. The highest BCUT2D eigenvalue weighted by molar-refractivity contribution is 6.34. The number of carbonyl (C=O) groups is 2. The number of nitrogens with one attached hydrogen (secondary N) is 1. The third-order valence-corrected chi connectivity index (χ3v) is 4.92. The Morgan fingerprint density at radius 1 is 1.46 bits per heavy atom. The Morgan fingerprint density at radius 2 is 2.25 bits per heavy atom. The molecule has 2 aliphatic rings. The van der Waals surface area contributed by atoms with Gasteiger partial charge in [0.2, 0.25) is 11.8 Å². The van der Waals surface area contributed by atoms with Crippen LogP contribution in [0.4, 0.5) is 5.69 Å². The Labute approximate surface area is 146 Å². The molecule has 2 aliphatic heterocycles. The van der Waals surface area contributed by atoms with Crippen molar-refractivity contribution in [2.75, 3.05) is 38.3 Å². The van der Waals surface area contributed by atoms with E-state index in [-0.39, 0.29) is 17.9 Å². The maximum absolute atomic E-state index is 12.7. The number of likely N-dealkylation sites (N-methyl/N-ethyl adjacent to an activating group) is 1. The van der Waals surface area contributed by atoms with Gasteiger partial charge in [-0.2, -0.15) is 0 Å². The van der Waals surface area contributed by atoms with Gasteiger partial charge in [-0.1, -0.05) is 23.7 Å². The number of para-hydroxylation sites is 1. The summed E-state index contributed by atoms with van der Waals surface area (Å²) in [5.41, 5.74) is 0.704. The lowest BCUT2D eigenvalue weighted by Gasteiger charge is -2.28. The van der Waals surface area contributed by atoms with E-state index < -0.39 is 6.04 Å². The number of amides is 2. The highest BCUT2D eigenvalue weighted by Crippen LogP contribution is 2.30. The molecule has 1 N–H and O–H groups in total. The van der Waals surface area contributed by atoms with E-state index in [1.54, 1.807) is 22.9 Å². The van der Waals surface area contributed by atoms with Gasteiger partial charge in [-0.15, -0.1) is 0 Å². The SMILES string of the molecule is CN(C(=O)CC1COCCN1)C1CCN(c2ccccc2Cl)C1=O. The van der Waals surface area contributed by atoms with Crippen LogP contribution in [0.3, 0.4) is 0 Å². The van der Waals surface area contributed by atoms with Crippen molar-refractivity contribution in [1.82, 2.24) is 10.2 Å². The molecule has 0 aliphatic carbocycles. The van der Waals surface area contributed by atoms with Gasteiger partial charge in [0.1, 0.15) is 6.04 Å². The Bertz CT molecular complexity index is 619. The molecule has 0 bridgehead atoms. The van der Waals surface area contributed by atoms with E-state index in [2.05, 4.69) is 5.32 Å². The number of nitrogens with zero attached hydrogens (tertiary/aromatic N) is 2. The summed E-state index contributed by atoms with van der Waals surface area (Å²) in [5.74, 6) is -0.121. The molecule has 0 saturated carbocycles. The highest BCUT2D eigenvalue weighted by atomic mass is 35.5. The predicted octanol–water partition coefficient (Wildman–Crippen LogP) is 1.28. The molecule has 0 aromatic heterocycles. The molecule has 2 heterocycles. The monoisotopic (exact) mass is 351 g/mol. The van der Waals surface area contributed by atoms with Crippen molar-refractivity contribution < 1.29 is 14.3 Å². The highest BCUT2D eigenvalue weighted by Gasteiger charge is 2.38. The summed E-state index contributed by atoms with van der Waals surface area (Å²) in [7, 11) is 1.70. The Morgan fingerprint density at radius 3 is 2.96 bits per heavy atom. The molecule has 24 heavy (non-hydrogen) atoms. The van der Waals surface area contributed by atoms with Crippen molar-refractivity contribution in [3.05, 3.63) is 29.3 Å². The van der Waals surface area contributed by atoms with Crippen LogP contribution in [0.25, 0.3) is 0 Å². The van der Waals surface area contributed by atoms with E-state index in [1.165, 1.54) is 0 Å². The van der Waals surface area contributed by atoms with Crippen LogP contribution in [0.15, 0.2) is 24.3 Å². The van der Waals surface area contributed by atoms with Crippen LogP contribution in [-0.2, 0) is 14.3 Å². The van der Waals surface area contributed by atoms with Crippen LogP contribution in [0.2, 0.25) is 5.02 Å². The maximum Gasteiger partial charge on any atom is 0.249 e. The summed E-state index contributed by atoms with van der Waals surface area (Å²) >= 11 is 6.19. The lowest BCUT2D eigenvalue weighted by Crippen LogP contribution is -2.48. The summed E-state index contributed by atoms with van der Waals surface area (Å²) in [6.07, 6.45) is 0.952. The van der Waals surface area contributed by atoms with E-state index in [0.717, 1.165) is 6.54 Å².